The monoisotopic (exact) mass is 389 g/mol. The van der Waals surface area contributed by atoms with E-state index in [4.69, 9.17) is 21.2 Å². The third-order valence-electron chi connectivity index (χ3n) is 4.89. The molecule has 0 saturated heterocycles. The molecule has 4 aromatic rings. The molecule has 0 aliphatic rings. The highest BCUT2D eigenvalue weighted by Crippen LogP contribution is 2.32. The molecular weight excluding hydrogens is 362 g/mol. The zero-order chi connectivity index (χ0) is 20.6. The summed E-state index contributed by atoms with van der Waals surface area (Å²) in [7, 11) is 0. The number of nitrogens with zero attached hydrogens (tertiary/aromatic N) is 3. The van der Waals surface area contributed by atoms with Crippen LogP contribution in [-0.2, 0) is 17.9 Å². The zero-order valence-corrected chi connectivity index (χ0v) is 17.1. The molecule has 0 atom stereocenters. The molecule has 6 heteroatoms. The molecule has 0 aliphatic heterocycles. The maximum absolute atomic E-state index is 6.36. The third-order valence-corrected chi connectivity index (χ3v) is 4.89. The summed E-state index contributed by atoms with van der Waals surface area (Å²) in [6, 6.07) is 16.5. The molecule has 0 spiro atoms. The van der Waals surface area contributed by atoms with Crippen LogP contribution in [0.4, 0.5) is 5.82 Å². The van der Waals surface area contributed by atoms with Gasteiger partial charge in [0.2, 0.25) is 0 Å². The summed E-state index contributed by atoms with van der Waals surface area (Å²) in [5.41, 5.74) is 17.0. The Morgan fingerprint density at radius 2 is 1.79 bits per heavy atom. The van der Waals surface area contributed by atoms with Crippen molar-refractivity contribution in [1.29, 1.82) is 0 Å². The highest BCUT2D eigenvalue weighted by atomic mass is 16.5. The van der Waals surface area contributed by atoms with Crippen molar-refractivity contribution in [3.8, 4) is 11.1 Å². The molecule has 6 nitrogen and oxygen atoms in total. The van der Waals surface area contributed by atoms with Crippen LogP contribution in [0.2, 0.25) is 0 Å². The highest BCUT2D eigenvalue weighted by molar-refractivity contribution is 6.07. The molecule has 0 bridgehead atoms. The molecule has 4 N–H and O–H groups in total. The SMILES string of the molecule is CCOCc1nc2c(N)nc3cc(-c4ccccc4)ccc3c2n1CC(C)(C)N. The van der Waals surface area contributed by atoms with E-state index in [0.717, 1.165) is 33.4 Å². The van der Waals surface area contributed by atoms with Gasteiger partial charge in [-0.2, -0.15) is 0 Å². The zero-order valence-electron chi connectivity index (χ0n) is 17.1. The molecule has 0 amide bonds. The third kappa shape index (κ3) is 3.81. The predicted molar refractivity (Wildman–Crippen MR) is 118 cm³/mol. The number of hydrogen-bond acceptors (Lipinski definition) is 5. The first kappa shape index (κ1) is 19.4. The van der Waals surface area contributed by atoms with Gasteiger partial charge in [0, 0.05) is 24.1 Å². The van der Waals surface area contributed by atoms with E-state index in [1.807, 2.05) is 39.0 Å². The Morgan fingerprint density at radius 3 is 2.48 bits per heavy atom. The molecule has 29 heavy (non-hydrogen) atoms. The lowest BCUT2D eigenvalue weighted by Crippen LogP contribution is -2.37. The van der Waals surface area contributed by atoms with Crippen LogP contribution in [-0.4, -0.2) is 26.7 Å². The van der Waals surface area contributed by atoms with Gasteiger partial charge in [0.05, 0.1) is 11.0 Å². The molecule has 0 aliphatic carbocycles. The van der Waals surface area contributed by atoms with Crippen LogP contribution in [0.15, 0.2) is 48.5 Å². The fraction of sp³-hybridized carbons (Fsp3) is 0.304. The average molecular weight is 390 g/mol. The van der Waals surface area contributed by atoms with Crippen LogP contribution in [0, 0.1) is 0 Å². The molecule has 2 aromatic carbocycles. The number of fused-ring (bicyclic) bond motifs is 3. The second kappa shape index (κ2) is 7.46. The second-order valence-corrected chi connectivity index (χ2v) is 8.03. The Morgan fingerprint density at radius 1 is 1.03 bits per heavy atom. The van der Waals surface area contributed by atoms with Gasteiger partial charge in [-0.1, -0.05) is 42.5 Å². The van der Waals surface area contributed by atoms with Gasteiger partial charge in [-0.3, -0.25) is 0 Å². The van der Waals surface area contributed by atoms with Crippen molar-refractivity contribution in [2.75, 3.05) is 12.3 Å². The molecule has 0 fully saturated rings. The van der Waals surface area contributed by atoms with Gasteiger partial charge in [-0.25, -0.2) is 9.97 Å². The van der Waals surface area contributed by atoms with E-state index in [0.29, 0.717) is 31.1 Å². The van der Waals surface area contributed by atoms with Crippen LogP contribution in [0.3, 0.4) is 0 Å². The number of anilines is 1. The molecule has 0 saturated carbocycles. The first-order valence-corrected chi connectivity index (χ1v) is 9.88. The van der Waals surface area contributed by atoms with Gasteiger partial charge in [0.25, 0.3) is 0 Å². The summed E-state index contributed by atoms with van der Waals surface area (Å²) in [6.07, 6.45) is 0. The van der Waals surface area contributed by atoms with E-state index in [9.17, 15) is 0 Å². The lowest BCUT2D eigenvalue weighted by atomic mass is 10.0. The quantitative estimate of drug-likeness (QED) is 0.518. The Bertz CT molecular complexity index is 1160. The standard InChI is InChI=1S/C23H27N5O/c1-4-29-13-19-27-20-21(28(19)14-23(2,3)25)17-11-10-16(12-18(17)26-22(20)24)15-8-6-5-7-9-15/h5-12H,4,13-14,25H2,1-3H3,(H2,24,26). The molecule has 4 rings (SSSR count). The van der Waals surface area contributed by atoms with Gasteiger partial charge < -0.3 is 20.8 Å². The minimum atomic E-state index is -0.414. The summed E-state index contributed by atoms with van der Waals surface area (Å²) < 4.78 is 7.78. The molecular formula is C23H27N5O. The van der Waals surface area contributed by atoms with Crippen molar-refractivity contribution >= 4 is 27.8 Å². The highest BCUT2D eigenvalue weighted by Gasteiger charge is 2.22. The summed E-state index contributed by atoms with van der Waals surface area (Å²) in [4.78, 5) is 9.41. The Labute approximate surface area is 170 Å². The van der Waals surface area contributed by atoms with E-state index in [2.05, 4.69) is 39.9 Å². The van der Waals surface area contributed by atoms with Crippen LogP contribution in [0.25, 0.3) is 33.1 Å². The molecule has 0 radical (unpaired) electrons. The Kier molecular flexibility index (Phi) is 4.98. The average Bonchev–Trinajstić information content (AvgIpc) is 3.04. The maximum atomic E-state index is 6.36. The largest absolute Gasteiger partial charge is 0.382 e. The van der Waals surface area contributed by atoms with Crippen molar-refractivity contribution in [3.63, 3.8) is 0 Å². The number of nitrogens with two attached hydrogens (primary N) is 2. The Hall–Kier alpha value is -2.96. The van der Waals surface area contributed by atoms with E-state index in [1.165, 1.54) is 0 Å². The Balaban J connectivity index is 1.96. The number of imidazole rings is 1. The van der Waals surface area contributed by atoms with Crippen LogP contribution >= 0.6 is 0 Å². The van der Waals surface area contributed by atoms with Gasteiger partial charge in [0.1, 0.15) is 17.9 Å². The number of aromatic nitrogens is 3. The summed E-state index contributed by atoms with van der Waals surface area (Å²) in [6.45, 7) is 7.60. The van der Waals surface area contributed by atoms with Gasteiger partial charge in [-0.15, -0.1) is 0 Å². The number of rotatable bonds is 6. The van der Waals surface area contributed by atoms with Gasteiger partial charge in [-0.05, 0) is 38.0 Å². The smallest absolute Gasteiger partial charge is 0.152 e. The molecule has 2 heterocycles. The minimum absolute atomic E-state index is 0.407. The second-order valence-electron chi connectivity index (χ2n) is 8.03. The van der Waals surface area contributed by atoms with Crippen molar-refractivity contribution in [2.24, 2.45) is 5.73 Å². The molecule has 2 aromatic heterocycles. The van der Waals surface area contributed by atoms with Crippen molar-refractivity contribution in [1.82, 2.24) is 14.5 Å². The number of pyridine rings is 1. The molecule has 0 unspecified atom stereocenters. The van der Waals surface area contributed by atoms with Crippen LogP contribution in [0.5, 0.6) is 0 Å². The van der Waals surface area contributed by atoms with E-state index in [-0.39, 0.29) is 0 Å². The fourth-order valence-electron chi connectivity index (χ4n) is 3.65. The van der Waals surface area contributed by atoms with Crippen molar-refractivity contribution in [3.05, 3.63) is 54.4 Å². The van der Waals surface area contributed by atoms with E-state index in [1.54, 1.807) is 0 Å². The minimum Gasteiger partial charge on any atom is -0.382 e. The van der Waals surface area contributed by atoms with E-state index < -0.39 is 5.54 Å². The van der Waals surface area contributed by atoms with Crippen LogP contribution < -0.4 is 11.5 Å². The topological polar surface area (TPSA) is 92.0 Å². The fourth-order valence-corrected chi connectivity index (χ4v) is 3.65. The van der Waals surface area contributed by atoms with Crippen LogP contribution in [0.1, 0.15) is 26.6 Å². The number of nitrogen functional groups attached to an aromatic ring is 1. The number of hydrogen-bond donors (Lipinski definition) is 2. The number of benzene rings is 2. The van der Waals surface area contributed by atoms with Gasteiger partial charge >= 0.3 is 0 Å². The first-order valence-electron chi connectivity index (χ1n) is 9.88. The summed E-state index contributed by atoms with van der Waals surface area (Å²) in [5, 5.41) is 1.01. The van der Waals surface area contributed by atoms with Crippen molar-refractivity contribution in [2.45, 2.75) is 39.5 Å². The lowest BCUT2D eigenvalue weighted by Gasteiger charge is -2.22. The molecule has 150 valence electrons. The number of ether oxygens (including phenoxy) is 1. The maximum Gasteiger partial charge on any atom is 0.152 e. The van der Waals surface area contributed by atoms with E-state index >= 15 is 0 Å². The first-order chi connectivity index (χ1) is 13.9. The summed E-state index contributed by atoms with van der Waals surface area (Å²) >= 11 is 0. The predicted octanol–water partition coefficient (Wildman–Crippen LogP) is 4.11. The normalized spacial score (nSPS) is 12.1. The van der Waals surface area contributed by atoms with Gasteiger partial charge in [0.15, 0.2) is 5.82 Å². The van der Waals surface area contributed by atoms with Crippen molar-refractivity contribution < 1.29 is 4.74 Å². The summed E-state index contributed by atoms with van der Waals surface area (Å²) in [5.74, 6) is 1.23. The lowest BCUT2D eigenvalue weighted by molar-refractivity contribution is 0.125.